The number of halogens is 1. The second kappa shape index (κ2) is 4.38. The standard InChI is InChI=1S/C14H14BrN/c1-9-6-13(7-10(2)14(9)15)12-5-4-11(3)16-8-12/h4-8H,1-3H3. The van der Waals surface area contributed by atoms with Crippen molar-refractivity contribution in [2.75, 3.05) is 0 Å². The molecule has 0 amide bonds. The first-order chi connectivity index (χ1) is 7.58. The molecular weight excluding hydrogens is 262 g/mol. The molecule has 1 aromatic heterocycles. The molecule has 0 spiro atoms. The second-order valence-electron chi connectivity index (χ2n) is 4.11. The van der Waals surface area contributed by atoms with Gasteiger partial charge in [-0.25, -0.2) is 0 Å². The maximum atomic E-state index is 4.33. The fraction of sp³-hybridized carbons (Fsp3) is 0.214. The zero-order valence-corrected chi connectivity index (χ0v) is 11.3. The molecule has 0 aliphatic rings. The molecule has 0 N–H and O–H groups in total. The third kappa shape index (κ3) is 2.17. The van der Waals surface area contributed by atoms with Crippen molar-refractivity contribution in [1.29, 1.82) is 0 Å². The smallest absolute Gasteiger partial charge is 0.0373 e. The van der Waals surface area contributed by atoms with E-state index >= 15 is 0 Å². The van der Waals surface area contributed by atoms with Crippen LogP contribution in [0.5, 0.6) is 0 Å². The number of hydrogen-bond donors (Lipinski definition) is 0. The monoisotopic (exact) mass is 275 g/mol. The predicted molar refractivity (Wildman–Crippen MR) is 71.6 cm³/mol. The predicted octanol–water partition coefficient (Wildman–Crippen LogP) is 4.44. The third-order valence-electron chi connectivity index (χ3n) is 2.68. The molecule has 0 saturated heterocycles. The Morgan fingerprint density at radius 1 is 0.938 bits per heavy atom. The summed E-state index contributed by atoms with van der Waals surface area (Å²) in [4.78, 5) is 4.33. The summed E-state index contributed by atoms with van der Waals surface area (Å²) in [5.74, 6) is 0. The van der Waals surface area contributed by atoms with Crippen molar-refractivity contribution in [3.8, 4) is 11.1 Å². The Morgan fingerprint density at radius 2 is 1.56 bits per heavy atom. The average molecular weight is 276 g/mol. The Kier molecular flexibility index (Phi) is 3.10. The number of aromatic nitrogens is 1. The van der Waals surface area contributed by atoms with E-state index in [1.165, 1.54) is 26.7 Å². The summed E-state index contributed by atoms with van der Waals surface area (Å²) in [5, 5.41) is 0. The molecule has 16 heavy (non-hydrogen) atoms. The van der Waals surface area contributed by atoms with Gasteiger partial charge in [0.05, 0.1) is 0 Å². The van der Waals surface area contributed by atoms with Gasteiger partial charge in [0.2, 0.25) is 0 Å². The van der Waals surface area contributed by atoms with Crippen LogP contribution in [-0.2, 0) is 0 Å². The Bertz CT molecular complexity index is 492. The molecule has 2 rings (SSSR count). The van der Waals surface area contributed by atoms with Crippen molar-refractivity contribution in [2.24, 2.45) is 0 Å². The van der Waals surface area contributed by atoms with Crippen LogP contribution in [0.4, 0.5) is 0 Å². The number of benzene rings is 1. The molecule has 0 bridgehead atoms. The van der Waals surface area contributed by atoms with Gasteiger partial charge in [-0.2, -0.15) is 0 Å². The largest absolute Gasteiger partial charge is 0.261 e. The number of pyridine rings is 1. The quantitative estimate of drug-likeness (QED) is 0.750. The minimum Gasteiger partial charge on any atom is -0.261 e. The summed E-state index contributed by atoms with van der Waals surface area (Å²) < 4.78 is 1.19. The molecule has 0 aliphatic heterocycles. The first-order valence-corrected chi connectivity index (χ1v) is 6.07. The van der Waals surface area contributed by atoms with Crippen LogP contribution < -0.4 is 0 Å². The van der Waals surface area contributed by atoms with E-state index in [-0.39, 0.29) is 0 Å². The first-order valence-electron chi connectivity index (χ1n) is 5.27. The Balaban J connectivity index is 2.52. The van der Waals surface area contributed by atoms with Gasteiger partial charge in [0.15, 0.2) is 0 Å². The second-order valence-corrected chi connectivity index (χ2v) is 4.91. The lowest BCUT2D eigenvalue weighted by Crippen LogP contribution is -1.87. The van der Waals surface area contributed by atoms with E-state index in [2.05, 4.69) is 53.0 Å². The molecule has 82 valence electrons. The van der Waals surface area contributed by atoms with Gasteiger partial charge in [0.25, 0.3) is 0 Å². The number of rotatable bonds is 1. The van der Waals surface area contributed by atoms with Crippen LogP contribution in [0, 0.1) is 20.8 Å². The van der Waals surface area contributed by atoms with Gasteiger partial charge >= 0.3 is 0 Å². The third-order valence-corrected chi connectivity index (χ3v) is 3.93. The van der Waals surface area contributed by atoms with E-state index < -0.39 is 0 Å². The highest BCUT2D eigenvalue weighted by Gasteiger charge is 2.04. The van der Waals surface area contributed by atoms with Crippen LogP contribution in [0.2, 0.25) is 0 Å². The topological polar surface area (TPSA) is 12.9 Å². The Labute approximate surface area is 105 Å². The van der Waals surface area contributed by atoms with Crippen LogP contribution in [0.1, 0.15) is 16.8 Å². The lowest BCUT2D eigenvalue weighted by molar-refractivity contribution is 1.20. The maximum Gasteiger partial charge on any atom is 0.0373 e. The highest BCUT2D eigenvalue weighted by atomic mass is 79.9. The lowest BCUT2D eigenvalue weighted by Gasteiger charge is -2.08. The average Bonchev–Trinajstić information content (AvgIpc) is 2.26. The van der Waals surface area contributed by atoms with Crippen molar-refractivity contribution in [3.63, 3.8) is 0 Å². The van der Waals surface area contributed by atoms with Crippen LogP contribution in [0.3, 0.4) is 0 Å². The van der Waals surface area contributed by atoms with E-state index in [1.54, 1.807) is 0 Å². The van der Waals surface area contributed by atoms with Gasteiger partial charge in [0.1, 0.15) is 0 Å². The molecule has 0 unspecified atom stereocenters. The molecule has 1 heterocycles. The fourth-order valence-corrected chi connectivity index (χ4v) is 1.98. The molecule has 0 saturated carbocycles. The molecular formula is C14H14BrN. The fourth-order valence-electron chi connectivity index (χ4n) is 1.75. The molecule has 0 radical (unpaired) electrons. The summed E-state index contributed by atoms with van der Waals surface area (Å²) in [6, 6.07) is 8.53. The van der Waals surface area contributed by atoms with Gasteiger partial charge in [-0.3, -0.25) is 4.98 Å². The summed E-state index contributed by atoms with van der Waals surface area (Å²) >= 11 is 3.58. The van der Waals surface area contributed by atoms with Crippen LogP contribution >= 0.6 is 15.9 Å². The van der Waals surface area contributed by atoms with Crippen molar-refractivity contribution >= 4 is 15.9 Å². The van der Waals surface area contributed by atoms with Crippen molar-refractivity contribution in [2.45, 2.75) is 20.8 Å². The van der Waals surface area contributed by atoms with Crippen molar-refractivity contribution < 1.29 is 0 Å². The van der Waals surface area contributed by atoms with E-state index in [9.17, 15) is 0 Å². The normalized spacial score (nSPS) is 10.5. The van der Waals surface area contributed by atoms with Gasteiger partial charge in [0, 0.05) is 21.9 Å². The number of nitrogens with zero attached hydrogens (tertiary/aromatic N) is 1. The number of hydrogen-bond acceptors (Lipinski definition) is 1. The van der Waals surface area contributed by atoms with Crippen LogP contribution in [0.25, 0.3) is 11.1 Å². The maximum absolute atomic E-state index is 4.33. The molecule has 2 aromatic rings. The number of aryl methyl sites for hydroxylation is 3. The molecule has 1 nitrogen and oxygen atoms in total. The minimum atomic E-state index is 1.05. The molecule has 0 aliphatic carbocycles. The van der Waals surface area contributed by atoms with E-state index in [0.29, 0.717) is 0 Å². The first kappa shape index (κ1) is 11.3. The van der Waals surface area contributed by atoms with Crippen LogP contribution in [0.15, 0.2) is 34.9 Å². The van der Waals surface area contributed by atoms with Gasteiger partial charge in [-0.05, 0) is 43.5 Å². The van der Waals surface area contributed by atoms with E-state index in [1.807, 2.05) is 19.2 Å². The minimum absolute atomic E-state index is 1.05. The van der Waals surface area contributed by atoms with Crippen LogP contribution in [-0.4, -0.2) is 4.98 Å². The van der Waals surface area contributed by atoms with Gasteiger partial charge in [-0.1, -0.05) is 34.1 Å². The van der Waals surface area contributed by atoms with E-state index in [0.717, 1.165) is 5.69 Å². The zero-order chi connectivity index (χ0) is 11.7. The zero-order valence-electron chi connectivity index (χ0n) is 9.71. The molecule has 0 fully saturated rings. The Hall–Kier alpha value is -1.15. The summed E-state index contributed by atoms with van der Waals surface area (Å²) in [6.45, 7) is 6.23. The highest BCUT2D eigenvalue weighted by Crippen LogP contribution is 2.28. The molecule has 2 heteroatoms. The SMILES string of the molecule is Cc1ccc(-c2cc(C)c(Br)c(C)c2)cn1. The van der Waals surface area contributed by atoms with Crippen molar-refractivity contribution in [3.05, 3.63) is 51.8 Å². The highest BCUT2D eigenvalue weighted by molar-refractivity contribution is 9.10. The van der Waals surface area contributed by atoms with Gasteiger partial charge < -0.3 is 0 Å². The molecule has 1 aromatic carbocycles. The van der Waals surface area contributed by atoms with Crippen molar-refractivity contribution in [1.82, 2.24) is 4.98 Å². The summed E-state index contributed by atoms with van der Waals surface area (Å²) in [7, 11) is 0. The molecule has 0 atom stereocenters. The van der Waals surface area contributed by atoms with Gasteiger partial charge in [-0.15, -0.1) is 0 Å². The Morgan fingerprint density at radius 3 is 2.06 bits per heavy atom. The van der Waals surface area contributed by atoms with E-state index in [4.69, 9.17) is 0 Å². The summed E-state index contributed by atoms with van der Waals surface area (Å²) in [5.41, 5.74) is 5.97. The lowest BCUT2D eigenvalue weighted by atomic mass is 10.0. The summed E-state index contributed by atoms with van der Waals surface area (Å²) in [6.07, 6.45) is 1.93.